The van der Waals surface area contributed by atoms with Gasteiger partial charge in [0.2, 0.25) is 0 Å². The number of likely N-dealkylation sites (tertiary alicyclic amines) is 1. The predicted octanol–water partition coefficient (Wildman–Crippen LogP) is 2.70. The number of nitrogens with zero attached hydrogens (tertiary/aromatic N) is 2. The van der Waals surface area contributed by atoms with Crippen LogP contribution in [0.1, 0.15) is 52.4 Å². The fraction of sp³-hybridized carbons (Fsp3) is 0.941. The molecule has 1 aliphatic carbocycles. The fourth-order valence-corrected chi connectivity index (χ4v) is 4.38. The van der Waals surface area contributed by atoms with Crippen molar-refractivity contribution in [2.75, 3.05) is 32.4 Å². The van der Waals surface area contributed by atoms with Crippen molar-refractivity contribution in [3.8, 4) is 0 Å². The number of hydrogen-bond acceptors (Lipinski definition) is 3. The molecule has 0 aromatic heterocycles. The second-order valence-corrected chi connectivity index (χ2v) is 7.79. The molecule has 0 aromatic carbocycles. The molecule has 0 spiro atoms. The van der Waals surface area contributed by atoms with Crippen LogP contribution in [0.2, 0.25) is 0 Å². The summed E-state index contributed by atoms with van der Waals surface area (Å²) < 4.78 is 0. The number of thioether (sulfide) groups is 1. The zero-order valence-corrected chi connectivity index (χ0v) is 15.4. The van der Waals surface area contributed by atoms with Gasteiger partial charge in [-0.15, -0.1) is 0 Å². The van der Waals surface area contributed by atoms with E-state index in [2.05, 4.69) is 35.6 Å². The Balaban J connectivity index is 1.77. The highest BCUT2D eigenvalue weighted by molar-refractivity contribution is 7.99. The summed E-state index contributed by atoms with van der Waals surface area (Å²) in [6.45, 7) is 8.67. The summed E-state index contributed by atoms with van der Waals surface area (Å²) in [7, 11) is 0. The molecular formula is C17H34N4S. The molecule has 1 saturated heterocycles. The first kappa shape index (κ1) is 17.9. The van der Waals surface area contributed by atoms with E-state index in [-0.39, 0.29) is 0 Å². The van der Waals surface area contributed by atoms with Gasteiger partial charge in [0.05, 0.1) is 6.54 Å². The Kier molecular flexibility index (Phi) is 7.87. The van der Waals surface area contributed by atoms with E-state index in [1.165, 1.54) is 45.1 Å². The highest BCUT2D eigenvalue weighted by atomic mass is 32.2. The van der Waals surface area contributed by atoms with Crippen LogP contribution in [0, 0.1) is 0 Å². The molecule has 1 heterocycles. The number of aliphatic imine (C=N–C) groups is 1. The first-order valence-electron chi connectivity index (χ1n) is 9.04. The fourth-order valence-electron chi connectivity index (χ4n) is 3.58. The van der Waals surface area contributed by atoms with Crippen molar-refractivity contribution < 1.29 is 0 Å². The van der Waals surface area contributed by atoms with E-state index in [1.54, 1.807) is 0 Å². The third-order valence-corrected chi connectivity index (χ3v) is 6.10. The van der Waals surface area contributed by atoms with E-state index in [0.29, 0.717) is 6.04 Å². The van der Waals surface area contributed by atoms with Crippen LogP contribution in [0.4, 0.5) is 0 Å². The number of hydrogen-bond donors (Lipinski definition) is 2. The average molecular weight is 327 g/mol. The molecule has 2 N–H and O–H groups in total. The summed E-state index contributed by atoms with van der Waals surface area (Å²) in [6.07, 6.45) is 10.2. The van der Waals surface area contributed by atoms with Crippen molar-refractivity contribution in [1.29, 1.82) is 0 Å². The van der Waals surface area contributed by atoms with Crippen LogP contribution < -0.4 is 10.6 Å². The monoisotopic (exact) mass is 326 g/mol. The zero-order chi connectivity index (χ0) is 15.8. The first-order chi connectivity index (χ1) is 10.7. The topological polar surface area (TPSA) is 39.7 Å². The molecule has 3 unspecified atom stereocenters. The molecular weight excluding hydrogens is 292 g/mol. The molecule has 0 amide bonds. The van der Waals surface area contributed by atoms with Gasteiger partial charge in [0.15, 0.2) is 5.96 Å². The summed E-state index contributed by atoms with van der Waals surface area (Å²) in [5.41, 5.74) is 0. The highest BCUT2D eigenvalue weighted by Gasteiger charge is 2.24. The molecule has 5 heteroatoms. The van der Waals surface area contributed by atoms with Gasteiger partial charge in [0.25, 0.3) is 0 Å². The molecule has 0 aromatic rings. The SMILES string of the molecule is CCNC(=NCCN1CCCCC1C)NC1CCC(SC)C1. The van der Waals surface area contributed by atoms with Crippen molar-refractivity contribution in [2.24, 2.45) is 4.99 Å². The second-order valence-electron chi connectivity index (χ2n) is 6.65. The smallest absolute Gasteiger partial charge is 0.191 e. The zero-order valence-electron chi connectivity index (χ0n) is 14.6. The predicted molar refractivity (Wildman–Crippen MR) is 98.9 cm³/mol. The highest BCUT2D eigenvalue weighted by Crippen LogP contribution is 2.28. The summed E-state index contributed by atoms with van der Waals surface area (Å²) in [5, 5.41) is 7.87. The molecule has 0 bridgehead atoms. The van der Waals surface area contributed by atoms with E-state index in [0.717, 1.165) is 36.9 Å². The summed E-state index contributed by atoms with van der Waals surface area (Å²) in [5.74, 6) is 1.01. The van der Waals surface area contributed by atoms with Gasteiger partial charge in [0, 0.05) is 30.4 Å². The molecule has 1 aliphatic heterocycles. The van der Waals surface area contributed by atoms with Gasteiger partial charge in [-0.25, -0.2) is 0 Å². The van der Waals surface area contributed by atoms with Crippen molar-refractivity contribution >= 4 is 17.7 Å². The normalized spacial score (nSPS) is 30.5. The lowest BCUT2D eigenvalue weighted by atomic mass is 10.0. The minimum absolute atomic E-state index is 0.601. The number of guanidine groups is 1. The summed E-state index contributed by atoms with van der Waals surface area (Å²) in [6, 6.07) is 1.33. The van der Waals surface area contributed by atoms with E-state index >= 15 is 0 Å². The van der Waals surface area contributed by atoms with Crippen LogP contribution in [0.15, 0.2) is 4.99 Å². The van der Waals surface area contributed by atoms with Crippen LogP contribution in [-0.4, -0.2) is 60.6 Å². The molecule has 4 nitrogen and oxygen atoms in total. The quantitative estimate of drug-likeness (QED) is 0.581. The molecule has 3 atom stereocenters. The number of rotatable bonds is 6. The minimum atomic E-state index is 0.601. The Bertz CT molecular complexity index is 348. The van der Waals surface area contributed by atoms with Crippen molar-refractivity contribution in [2.45, 2.75) is 69.7 Å². The van der Waals surface area contributed by atoms with Gasteiger partial charge >= 0.3 is 0 Å². The Hall–Kier alpha value is -0.420. The molecule has 0 radical (unpaired) electrons. The molecule has 1 saturated carbocycles. The van der Waals surface area contributed by atoms with Crippen LogP contribution in [0.3, 0.4) is 0 Å². The molecule has 2 fully saturated rings. The minimum Gasteiger partial charge on any atom is -0.357 e. The molecule has 2 rings (SSSR count). The van der Waals surface area contributed by atoms with Gasteiger partial charge in [-0.3, -0.25) is 9.89 Å². The van der Waals surface area contributed by atoms with Gasteiger partial charge in [-0.2, -0.15) is 11.8 Å². The maximum atomic E-state index is 4.80. The number of nitrogens with one attached hydrogen (secondary N) is 2. The van der Waals surface area contributed by atoms with E-state index in [9.17, 15) is 0 Å². The molecule has 2 aliphatic rings. The van der Waals surface area contributed by atoms with E-state index in [4.69, 9.17) is 4.99 Å². The standard InChI is InChI=1S/C17H34N4S/c1-4-18-17(20-15-8-9-16(13-15)22-3)19-10-12-21-11-6-5-7-14(21)2/h14-16H,4-13H2,1-3H3,(H2,18,19,20). The van der Waals surface area contributed by atoms with Gasteiger partial charge in [0.1, 0.15) is 0 Å². The third-order valence-electron chi connectivity index (χ3n) is 5.00. The van der Waals surface area contributed by atoms with Crippen molar-refractivity contribution in [3.05, 3.63) is 0 Å². The lowest BCUT2D eigenvalue weighted by molar-refractivity contribution is 0.166. The molecule has 128 valence electrons. The maximum absolute atomic E-state index is 4.80. The lowest BCUT2D eigenvalue weighted by Gasteiger charge is -2.32. The largest absolute Gasteiger partial charge is 0.357 e. The summed E-state index contributed by atoms with van der Waals surface area (Å²) in [4.78, 5) is 7.40. The van der Waals surface area contributed by atoms with Crippen molar-refractivity contribution in [3.63, 3.8) is 0 Å². The third kappa shape index (κ3) is 5.65. The second kappa shape index (κ2) is 9.66. The Labute approximate surface area is 140 Å². The maximum Gasteiger partial charge on any atom is 0.191 e. The van der Waals surface area contributed by atoms with Gasteiger partial charge < -0.3 is 10.6 Å². The first-order valence-corrected chi connectivity index (χ1v) is 10.3. The van der Waals surface area contributed by atoms with Crippen LogP contribution in [-0.2, 0) is 0 Å². The van der Waals surface area contributed by atoms with Crippen LogP contribution >= 0.6 is 11.8 Å². The van der Waals surface area contributed by atoms with Crippen molar-refractivity contribution in [1.82, 2.24) is 15.5 Å². The van der Waals surface area contributed by atoms with E-state index in [1.807, 2.05) is 11.8 Å². The summed E-state index contributed by atoms with van der Waals surface area (Å²) >= 11 is 2.01. The van der Waals surface area contributed by atoms with E-state index < -0.39 is 0 Å². The number of piperidine rings is 1. The Morgan fingerprint density at radius 2 is 2.14 bits per heavy atom. The van der Waals surface area contributed by atoms with Crippen LogP contribution in [0.25, 0.3) is 0 Å². The van der Waals surface area contributed by atoms with Crippen LogP contribution in [0.5, 0.6) is 0 Å². The lowest BCUT2D eigenvalue weighted by Crippen LogP contribution is -2.43. The van der Waals surface area contributed by atoms with Gasteiger partial charge in [-0.05, 0) is 58.8 Å². The average Bonchev–Trinajstić information content (AvgIpc) is 2.97. The Morgan fingerprint density at radius 1 is 1.27 bits per heavy atom. The molecule has 22 heavy (non-hydrogen) atoms. The Morgan fingerprint density at radius 3 is 2.82 bits per heavy atom. The van der Waals surface area contributed by atoms with Gasteiger partial charge in [-0.1, -0.05) is 6.42 Å².